The maximum atomic E-state index is 14.3. The molecule has 0 radical (unpaired) electrons. The Kier molecular flexibility index (Phi) is 6.61. The van der Waals surface area contributed by atoms with Gasteiger partial charge in [-0.3, -0.25) is 14.5 Å². The third-order valence-corrected chi connectivity index (χ3v) is 4.99. The van der Waals surface area contributed by atoms with Gasteiger partial charge in [0.05, 0.1) is 19.3 Å². The van der Waals surface area contributed by atoms with Crippen molar-refractivity contribution < 1.29 is 18.7 Å². The van der Waals surface area contributed by atoms with Crippen molar-refractivity contribution in [1.82, 2.24) is 15.3 Å². The number of hydrogen-bond acceptors (Lipinski definition) is 6. The van der Waals surface area contributed by atoms with Crippen molar-refractivity contribution in [1.29, 1.82) is 0 Å². The Morgan fingerprint density at radius 1 is 1.30 bits per heavy atom. The molecule has 3 heterocycles. The fourth-order valence-electron chi connectivity index (χ4n) is 3.36. The van der Waals surface area contributed by atoms with Crippen LogP contribution in [0.4, 0.5) is 16.0 Å². The van der Waals surface area contributed by atoms with Gasteiger partial charge in [0.1, 0.15) is 0 Å². The number of ether oxygens (including phenoxy) is 1. The van der Waals surface area contributed by atoms with Crippen LogP contribution in [0.3, 0.4) is 0 Å². The Labute approximate surface area is 174 Å². The molecule has 2 amide bonds. The van der Waals surface area contributed by atoms with E-state index in [0.29, 0.717) is 36.8 Å². The second-order valence-corrected chi connectivity index (χ2v) is 7.55. The molecule has 30 heavy (non-hydrogen) atoms. The van der Waals surface area contributed by atoms with Crippen LogP contribution < -0.4 is 16.0 Å². The van der Waals surface area contributed by atoms with Gasteiger partial charge in [-0.1, -0.05) is 6.92 Å². The number of amides is 2. The number of nitrogens with one attached hydrogen (secondary N) is 1. The van der Waals surface area contributed by atoms with Crippen LogP contribution in [0.15, 0.2) is 30.5 Å². The van der Waals surface area contributed by atoms with Gasteiger partial charge in [-0.05, 0) is 43.2 Å². The van der Waals surface area contributed by atoms with Gasteiger partial charge < -0.3 is 15.8 Å². The molecule has 1 unspecified atom stereocenters. The molecule has 4 rings (SSSR count). The Hall–Kier alpha value is -3.07. The molecule has 0 bridgehead atoms. The summed E-state index contributed by atoms with van der Waals surface area (Å²) in [6.07, 6.45) is 0.822. The van der Waals surface area contributed by atoms with E-state index < -0.39 is 6.30 Å². The highest BCUT2D eigenvalue weighted by atomic mass is 19.1. The van der Waals surface area contributed by atoms with Crippen LogP contribution in [0.5, 0.6) is 0 Å². The molecule has 1 fully saturated rings. The molecule has 160 valence electrons. The number of alkyl halides is 1. The number of aromatic nitrogens is 2. The minimum atomic E-state index is -1.32. The first-order valence-corrected chi connectivity index (χ1v) is 9.76. The second-order valence-electron chi connectivity index (χ2n) is 7.55. The Balaban J connectivity index is 0.000000269. The molecule has 2 aliphatic rings. The van der Waals surface area contributed by atoms with Gasteiger partial charge in [0.15, 0.2) is 6.30 Å². The zero-order valence-electron chi connectivity index (χ0n) is 17.3. The van der Waals surface area contributed by atoms with Crippen molar-refractivity contribution in [3.05, 3.63) is 47.3 Å². The average molecular weight is 415 g/mol. The molecule has 2 aromatic rings. The predicted octanol–water partition coefficient (Wildman–Crippen LogP) is 2.02. The summed E-state index contributed by atoms with van der Waals surface area (Å²) in [5.41, 5.74) is 8.05. The van der Waals surface area contributed by atoms with E-state index in [-0.39, 0.29) is 23.8 Å². The summed E-state index contributed by atoms with van der Waals surface area (Å²) in [6.45, 7) is 6.07. The average Bonchev–Trinajstić information content (AvgIpc) is 2.65. The van der Waals surface area contributed by atoms with Crippen LogP contribution in [0.1, 0.15) is 35.5 Å². The quantitative estimate of drug-likeness (QED) is 0.726. The lowest BCUT2D eigenvalue weighted by atomic mass is 9.91. The van der Waals surface area contributed by atoms with Crippen LogP contribution >= 0.6 is 0 Å². The first-order chi connectivity index (χ1) is 14.3. The Morgan fingerprint density at radius 3 is 2.57 bits per heavy atom. The van der Waals surface area contributed by atoms with Crippen molar-refractivity contribution >= 4 is 23.5 Å². The van der Waals surface area contributed by atoms with Crippen LogP contribution in [-0.4, -0.2) is 47.3 Å². The van der Waals surface area contributed by atoms with Gasteiger partial charge in [0.25, 0.3) is 5.91 Å². The molecule has 1 saturated heterocycles. The predicted molar refractivity (Wildman–Crippen MR) is 111 cm³/mol. The van der Waals surface area contributed by atoms with Crippen molar-refractivity contribution in [2.75, 3.05) is 23.8 Å². The van der Waals surface area contributed by atoms with Gasteiger partial charge in [0.2, 0.25) is 11.9 Å². The number of hydrogen-bond donors (Lipinski definition) is 2. The molecule has 1 aromatic carbocycles. The van der Waals surface area contributed by atoms with Crippen molar-refractivity contribution in [3.8, 4) is 0 Å². The van der Waals surface area contributed by atoms with Crippen molar-refractivity contribution in [3.63, 3.8) is 0 Å². The lowest BCUT2D eigenvalue weighted by Gasteiger charge is -2.36. The molecule has 0 saturated carbocycles. The first kappa shape index (κ1) is 21.6. The van der Waals surface area contributed by atoms with E-state index in [0.717, 1.165) is 11.3 Å². The second kappa shape index (κ2) is 9.17. The molecular formula is C21H26FN5O3. The maximum Gasteiger partial charge on any atom is 0.251 e. The number of benzene rings is 1. The highest BCUT2D eigenvalue weighted by molar-refractivity contribution is 5.97. The minimum Gasteiger partial charge on any atom is -0.377 e. The Bertz CT molecular complexity index is 917. The zero-order chi connectivity index (χ0) is 21.8. The maximum absolute atomic E-state index is 14.3. The molecule has 0 aliphatic carbocycles. The normalized spacial score (nSPS) is 20.3. The van der Waals surface area contributed by atoms with Crippen LogP contribution in [0.25, 0.3) is 0 Å². The smallest absolute Gasteiger partial charge is 0.251 e. The van der Waals surface area contributed by atoms with Gasteiger partial charge in [-0.2, -0.15) is 0 Å². The van der Waals surface area contributed by atoms with E-state index in [9.17, 15) is 14.0 Å². The molecule has 9 heteroatoms. The van der Waals surface area contributed by atoms with Gasteiger partial charge >= 0.3 is 0 Å². The number of halogens is 1. The number of fused-ring (bicyclic) bond motifs is 1. The van der Waals surface area contributed by atoms with E-state index in [4.69, 9.17) is 10.5 Å². The van der Waals surface area contributed by atoms with Gasteiger partial charge in [-0.25, -0.2) is 14.4 Å². The van der Waals surface area contributed by atoms with Crippen LogP contribution in [0.2, 0.25) is 0 Å². The molecule has 3 N–H and O–H groups in total. The summed E-state index contributed by atoms with van der Waals surface area (Å²) in [6, 6.07) is 6.90. The van der Waals surface area contributed by atoms with Gasteiger partial charge in [0, 0.05) is 36.0 Å². The summed E-state index contributed by atoms with van der Waals surface area (Å²) in [5, 5.41) is 2.87. The number of nitrogen functional groups attached to an aromatic ring is 1. The number of carbonyl (C=O) groups is 2. The van der Waals surface area contributed by atoms with E-state index in [1.807, 2.05) is 6.92 Å². The summed E-state index contributed by atoms with van der Waals surface area (Å²) in [7, 11) is 0. The number of rotatable bonds is 2. The number of nitrogens with two attached hydrogens (primary N) is 1. The van der Waals surface area contributed by atoms with Crippen LogP contribution in [0, 0.1) is 12.8 Å². The number of aryl methyl sites for hydroxylation is 1. The van der Waals surface area contributed by atoms with Crippen LogP contribution in [-0.2, 0) is 16.0 Å². The third kappa shape index (κ3) is 4.91. The standard InChI is InChI=1S/C16H19FN2O3.C5H7N3/c1-9-5-12-6-11(16(21)18-13-7-22-8-13)3-4-14(12)19(10(2)20)15(9)17;1-4-2-3-7-5(6)8-4/h3-4,6,9,13,15H,5,7-8H2,1-2H3,(H,18,21);2-3H,1H3,(H2,6,7,8)/t9?,15-;/m1./s1. The van der Waals surface area contributed by atoms with E-state index in [1.54, 1.807) is 37.4 Å². The zero-order valence-corrected chi connectivity index (χ0v) is 17.3. The van der Waals surface area contributed by atoms with E-state index in [1.165, 1.54) is 11.8 Å². The highest BCUT2D eigenvalue weighted by Crippen LogP contribution is 2.35. The van der Waals surface area contributed by atoms with Crippen molar-refractivity contribution in [2.24, 2.45) is 5.92 Å². The molecular weight excluding hydrogens is 389 g/mol. The van der Waals surface area contributed by atoms with E-state index >= 15 is 0 Å². The summed E-state index contributed by atoms with van der Waals surface area (Å²) in [4.78, 5) is 32.6. The first-order valence-electron chi connectivity index (χ1n) is 9.76. The fraction of sp³-hybridized carbons (Fsp3) is 0.429. The monoisotopic (exact) mass is 415 g/mol. The lowest BCUT2D eigenvalue weighted by molar-refractivity contribution is -0.118. The highest BCUT2D eigenvalue weighted by Gasteiger charge is 2.34. The summed E-state index contributed by atoms with van der Waals surface area (Å²) in [5.74, 6) is -0.454. The SMILES string of the molecule is CC(=O)N1c2ccc(C(=O)NC3COC3)cc2CC(C)[C@@H]1F.Cc1ccnc(N)n1. The van der Waals surface area contributed by atoms with Crippen molar-refractivity contribution in [2.45, 2.75) is 39.5 Å². The Morgan fingerprint density at radius 2 is 2.03 bits per heavy atom. The number of nitrogens with zero attached hydrogens (tertiary/aromatic N) is 3. The largest absolute Gasteiger partial charge is 0.377 e. The molecule has 2 atom stereocenters. The summed E-state index contributed by atoms with van der Waals surface area (Å²) < 4.78 is 19.3. The molecule has 8 nitrogen and oxygen atoms in total. The topological polar surface area (TPSA) is 110 Å². The number of carbonyl (C=O) groups excluding carboxylic acids is 2. The third-order valence-electron chi connectivity index (χ3n) is 4.99. The molecule has 2 aliphatic heterocycles. The van der Waals surface area contributed by atoms with Gasteiger partial charge in [-0.15, -0.1) is 0 Å². The molecule has 0 spiro atoms. The number of anilines is 2. The molecule has 1 aromatic heterocycles. The van der Waals surface area contributed by atoms with E-state index in [2.05, 4.69) is 15.3 Å². The lowest BCUT2D eigenvalue weighted by Crippen LogP contribution is -2.48. The fourth-order valence-corrected chi connectivity index (χ4v) is 3.36. The minimum absolute atomic E-state index is 0.0615. The summed E-state index contributed by atoms with van der Waals surface area (Å²) >= 11 is 0.